The summed E-state index contributed by atoms with van der Waals surface area (Å²) >= 11 is 0. The molecule has 2 aliphatic rings. The summed E-state index contributed by atoms with van der Waals surface area (Å²) in [5.41, 5.74) is 1.11. The second-order valence-electron chi connectivity index (χ2n) is 10.7. The lowest BCUT2D eigenvalue weighted by molar-refractivity contribution is -0.135. The van der Waals surface area contributed by atoms with Crippen molar-refractivity contribution < 1.29 is 22.7 Å². The summed E-state index contributed by atoms with van der Waals surface area (Å²) in [6.07, 6.45) is 0.192. The van der Waals surface area contributed by atoms with Crippen molar-refractivity contribution in [3.8, 4) is 22.6 Å². The van der Waals surface area contributed by atoms with Crippen molar-refractivity contribution >= 4 is 16.8 Å². The number of nitrogens with zero attached hydrogens (tertiary/aromatic N) is 6. The van der Waals surface area contributed by atoms with Gasteiger partial charge in [0.05, 0.1) is 23.4 Å². The normalized spacial score (nSPS) is 19.2. The molecule has 4 aromatic rings. The molecule has 1 atom stereocenters. The highest BCUT2D eigenvalue weighted by molar-refractivity contribution is 5.97. The highest BCUT2D eigenvalue weighted by Gasteiger charge is 2.41. The molecule has 1 amide bonds. The molecule has 0 aliphatic carbocycles. The van der Waals surface area contributed by atoms with Crippen LogP contribution < -0.4 is 0 Å². The molecule has 1 unspecified atom stereocenters. The number of hydrogen-bond donors (Lipinski definition) is 0. The van der Waals surface area contributed by atoms with Crippen LogP contribution >= 0.6 is 0 Å². The topological polar surface area (TPSA) is 78.1 Å². The van der Waals surface area contributed by atoms with E-state index in [2.05, 4.69) is 17.0 Å². The number of pyridine rings is 1. The fourth-order valence-electron chi connectivity index (χ4n) is 5.83. The quantitative estimate of drug-likeness (QED) is 0.358. The second kappa shape index (κ2) is 9.18. The molecule has 204 valence electrons. The minimum Gasteiger partial charge on any atom is -0.381 e. The lowest BCUT2D eigenvalue weighted by Crippen LogP contribution is -2.42. The van der Waals surface area contributed by atoms with Crippen molar-refractivity contribution in [3.05, 3.63) is 53.4 Å². The van der Waals surface area contributed by atoms with E-state index < -0.39 is 23.7 Å². The summed E-state index contributed by atoms with van der Waals surface area (Å²) in [6, 6.07) is 5.15. The third-order valence-corrected chi connectivity index (χ3v) is 8.06. The number of carbonyl (C=O) groups excluding carboxylic acids is 1. The minimum atomic E-state index is -2.86. The van der Waals surface area contributed by atoms with Crippen LogP contribution in [0.2, 0.25) is 0 Å². The summed E-state index contributed by atoms with van der Waals surface area (Å²) in [5, 5.41) is 4.49. The number of aromatic nitrogens is 5. The van der Waals surface area contributed by atoms with Crippen LogP contribution in [-0.4, -0.2) is 55.4 Å². The largest absolute Gasteiger partial charge is 0.381 e. The Morgan fingerprint density at radius 2 is 1.85 bits per heavy atom. The van der Waals surface area contributed by atoms with Crippen LogP contribution in [0.3, 0.4) is 0 Å². The Hall–Kier alpha value is -3.73. The van der Waals surface area contributed by atoms with Gasteiger partial charge in [-0.1, -0.05) is 6.92 Å². The summed E-state index contributed by atoms with van der Waals surface area (Å²) in [7, 11) is 3.39. The lowest BCUT2D eigenvalue weighted by atomic mass is 9.81. The SMILES string of the molecule is CC1C(=O)N(C)Cc2c(-c3c(F)ccc4nc(-c5ccn(C)n5)c(C(F)F)cc34)nc(C3(C)CCOCC3)n21. The smallest absolute Gasteiger partial charge is 0.266 e. The van der Waals surface area contributed by atoms with Crippen molar-refractivity contribution in [2.75, 3.05) is 20.3 Å². The molecule has 6 rings (SSSR count). The van der Waals surface area contributed by atoms with Crippen LogP contribution in [0.15, 0.2) is 30.5 Å². The molecule has 0 saturated carbocycles. The fourth-order valence-corrected chi connectivity index (χ4v) is 5.83. The Morgan fingerprint density at radius 1 is 1.10 bits per heavy atom. The zero-order valence-corrected chi connectivity index (χ0v) is 22.2. The predicted octanol–water partition coefficient (Wildman–Crippen LogP) is 5.18. The third kappa shape index (κ3) is 4.02. The first-order chi connectivity index (χ1) is 18.6. The number of ether oxygens (including phenoxy) is 1. The Bertz CT molecular complexity index is 1600. The van der Waals surface area contributed by atoms with Crippen LogP contribution in [-0.2, 0) is 28.5 Å². The predicted molar refractivity (Wildman–Crippen MR) is 139 cm³/mol. The number of hydrogen-bond acceptors (Lipinski definition) is 5. The number of alkyl halides is 2. The van der Waals surface area contributed by atoms with Gasteiger partial charge in [0.2, 0.25) is 5.91 Å². The van der Waals surface area contributed by atoms with Crippen molar-refractivity contribution in [1.29, 1.82) is 0 Å². The summed E-state index contributed by atoms with van der Waals surface area (Å²) in [5.74, 6) is 0.0311. The molecule has 1 saturated heterocycles. The van der Waals surface area contributed by atoms with E-state index in [-0.39, 0.29) is 34.7 Å². The van der Waals surface area contributed by atoms with Crippen LogP contribution in [0, 0.1) is 5.82 Å². The van der Waals surface area contributed by atoms with Crippen LogP contribution in [0.4, 0.5) is 13.2 Å². The van der Waals surface area contributed by atoms with Crippen LogP contribution in [0.1, 0.15) is 56.2 Å². The van der Waals surface area contributed by atoms with E-state index in [9.17, 15) is 13.6 Å². The molecule has 1 aromatic carbocycles. The van der Waals surface area contributed by atoms with Gasteiger partial charge in [-0.25, -0.2) is 23.1 Å². The van der Waals surface area contributed by atoms with Crippen molar-refractivity contribution in [2.24, 2.45) is 7.05 Å². The Balaban J connectivity index is 1.64. The van der Waals surface area contributed by atoms with Gasteiger partial charge in [0, 0.05) is 55.4 Å². The number of amides is 1. The molecule has 1 fully saturated rings. The summed E-state index contributed by atoms with van der Waals surface area (Å²) in [4.78, 5) is 24.2. The summed E-state index contributed by atoms with van der Waals surface area (Å²) in [6.45, 7) is 5.22. The zero-order chi connectivity index (χ0) is 27.6. The number of benzene rings is 1. The minimum absolute atomic E-state index is 0.0527. The molecule has 11 heteroatoms. The molecular formula is C28H29F3N6O2. The number of rotatable bonds is 4. The van der Waals surface area contributed by atoms with Gasteiger partial charge >= 0.3 is 0 Å². The monoisotopic (exact) mass is 538 g/mol. The standard InChI is InChI=1S/C28H29F3N6O2/c1-15-26(38)35(3)14-21-24(33-27(37(15)21)28(2)8-11-39-12-9-28)22-16-13-17(25(30)31)23(20-7-10-36(4)34-20)32-19(16)6-5-18(22)29/h5-7,10,13,15,25H,8-9,11-12,14H2,1-4H3. The van der Waals surface area contributed by atoms with E-state index >= 15 is 4.39 Å². The van der Waals surface area contributed by atoms with Crippen molar-refractivity contribution in [3.63, 3.8) is 0 Å². The lowest BCUT2D eigenvalue weighted by Gasteiger charge is -2.37. The first kappa shape index (κ1) is 25.5. The molecule has 5 heterocycles. The zero-order valence-electron chi connectivity index (χ0n) is 22.2. The Kier molecular flexibility index (Phi) is 6.01. The maximum atomic E-state index is 15.8. The van der Waals surface area contributed by atoms with Gasteiger partial charge in [-0.2, -0.15) is 5.10 Å². The maximum Gasteiger partial charge on any atom is 0.266 e. The van der Waals surface area contributed by atoms with E-state index in [0.717, 1.165) is 0 Å². The van der Waals surface area contributed by atoms with Crippen LogP contribution in [0.25, 0.3) is 33.5 Å². The van der Waals surface area contributed by atoms with E-state index in [1.165, 1.54) is 22.9 Å². The molecule has 39 heavy (non-hydrogen) atoms. The van der Waals surface area contributed by atoms with Gasteiger partial charge in [-0.15, -0.1) is 0 Å². The number of halogens is 3. The first-order valence-electron chi connectivity index (χ1n) is 12.9. The van der Waals surface area contributed by atoms with Crippen molar-refractivity contribution in [2.45, 2.75) is 51.1 Å². The number of carbonyl (C=O) groups is 1. The van der Waals surface area contributed by atoms with Gasteiger partial charge < -0.3 is 14.2 Å². The molecule has 0 N–H and O–H groups in total. The highest BCUT2D eigenvalue weighted by Crippen LogP contribution is 2.43. The summed E-state index contributed by atoms with van der Waals surface area (Å²) < 4.78 is 53.5. The molecule has 3 aromatic heterocycles. The number of aryl methyl sites for hydroxylation is 1. The van der Waals surface area contributed by atoms with Crippen LogP contribution in [0.5, 0.6) is 0 Å². The van der Waals surface area contributed by atoms with E-state index in [1.807, 2.05) is 11.5 Å². The Morgan fingerprint density at radius 3 is 2.51 bits per heavy atom. The highest BCUT2D eigenvalue weighted by atomic mass is 19.3. The van der Waals surface area contributed by atoms with Gasteiger partial charge in [-0.05, 0) is 44.0 Å². The van der Waals surface area contributed by atoms with Crippen molar-refractivity contribution in [1.82, 2.24) is 29.2 Å². The number of likely N-dealkylation sites (N-methyl/N-ethyl adjacent to an activating group) is 1. The number of imidazole rings is 1. The third-order valence-electron chi connectivity index (χ3n) is 8.06. The van der Waals surface area contributed by atoms with Gasteiger partial charge in [0.1, 0.15) is 29.1 Å². The molecular weight excluding hydrogens is 509 g/mol. The van der Waals surface area contributed by atoms with E-state index in [4.69, 9.17) is 9.72 Å². The van der Waals surface area contributed by atoms with E-state index in [0.29, 0.717) is 54.5 Å². The maximum absolute atomic E-state index is 15.8. The average molecular weight is 539 g/mol. The second-order valence-corrected chi connectivity index (χ2v) is 10.7. The van der Waals surface area contributed by atoms with Gasteiger partial charge in [-0.3, -0.25) is 9.48 Å². The van der Waals surface area contributed by atoms with Gasteiger partial charge in [0.15, 0.2) is 0 Å². The molecule has 0 bridgehead atoms. The van der Waals surface area contributed by atoms with Gasteiger partial charge in [0.25, 0.3) is 6.43 Å². The molecule has 8 nitrogen and oxygen atoms in total. The van der Waals surface area contributed by atoms with E-state index in [1.54, 1.807) is 31.3 Å². The molecule has 2 aliphatic heterocycles. The first-order valence-corrected chi connectivity index (χ1v) is 12.9. The average Bonchev–Trinajstić information content (AvgIpc) is 3.51. The number of fused-ring (bicyclic) bond motifs is 2. The molecule has 0 radical (unpaired) electrons. The molecule has 0 spiro atoms. The fraction of sp³-hybridized carbons (Fsp3) is 0.429. The Labute approximate surface area is 223 Å².